The highest BCUT2D eigenvalue weighted by molar-refractivity contribution is 4.88. The van der Waals surface area contributed by atoms with E-state index in [-0.39, 0.29) is 6.61 Å². The Balaban J connectivity index is 1.93. The second-order valence-corrected chi connectivity index (χ2v) is 4.99. The topological polar surface area (TPSA) is 62.4 Å². The van der Waals surface area contributed by atoms with Crippen molar-refractivity contribution in [3.63, 3.8) is 0 Å². The van der Waals surface area contributed by atoms with E-state index in [0.29, 0.717) is 25.0 Å². The molecule has 18 heavy (non-hydrogen) atoms. The zero-order valence-corrected chi connectivity index (χ0v) is 11.1. The Labute approximate surface area is 108 Å². The number of rotatable bonds is 7. The summed E-state index contributed by atoms with van der Waals surface area (Å²) in [6, 6.07) is 0.568. The van der Waals surface area contributed by atoms with Gasteiger partial charge in [-0.25, -0.2) is 0 Å². The molecule has 0 saturated heterocycles. The summed E-state index contributed by atoms with van der Waals surface area (Å²) in [6.07, 6.45) is 6.91. The third-order valence-corrected chi connectivity index (χ3v) is 3.55. The molecular formula is C13H23N3O2. The zero-order chi connectivity index (χ0) is 12.8. The van der Waals surface area contributed by atoms with Crippen LogP contribution in [0.5, 0.6) is 0 Å². The Kier molecular flexibility index (Phi) is 5.13. The van der Waals surface area contributed by atoms with Gasteiger partial charge in [0.2, 0.25) is 5.89 Å². The summed E-state index contributed by atoms with van der Waals surface area (Å²) in [7, 11) is 0. The summed E-state index contributed by atoms with van der Waals surface area (Å²) < 4.78 is 5.27. The maximum Gasteiger partial charge on any atom is 0.240 e. The second kappa shape index (κ2) is 6.85. The molecule has 0 amide bonds. The van der Waals surface area contributed by atoms with E-state index in [0.717, 1.165) is 18.7 Å². The molecule has 0 spiro atoms. The van der Waals surface area contributed by atoms with Gasteiger partial charge in [-0.15, -0.1) is 0 Å². The smallest absolute Gasteiger partial charge is 0.240 e. The number of nitrogens with zero attached hydrogens (tertiary/aromatic N) is 3. The van der Waals surface area contributed by atoms with Crippen molar-refractivity contribution in [3.8, 4) is 0 Å². The molecule has 0 aliphatic heterocycles. The molecule has 1 aliphatic rings. The van der Waals surface area contributed by atoms with E-state index in [1.165, 1.54) is 25.7 Å². The van der Waals surface area contributed by atoms with Gasteiger partial charge in [0, 0.05) is 19.0 Å². The zero-order valence-electron chi connectivity index (χ0n) is 11.1. The van der Waals surface area contributed by atoms with E-state index in [9.17, 15) is 0 Å². The fourth-order valence-electron chi connectivity index (χ4n) is 2.64. The van der Waals surface area contributed by atoms with Crippen molar-refractivity contribution in [1.29, 1.82) is 0 Å². The van der Waals surface area contributed by atoms with Crippen LogP contribution in [-0.2, 0) is 13.0 Å². The standard InChI is InChI=1S/C13H23N3O2/c1-2-5-12-14-13(18-15-12)10-16(8-9-17)11-6-3-4-7-11/h11,17H,2-10H2,1H3. The molecule has 0 aromatic carbocycles. The van der Waals surface area contributed by atoms with Gasteiger partial charge in [-0.1, -0.05) is 24.9 Å². The molecule has 1 heterocycles. The van der Waals surface area contributed by atoms with Gasteiger partial charge in [-0.2, -0.15) is 4.98 Å². The quantitative estimate of drug-likeness (QED) is 0.802. The van der Waals surface area contributed by atoms with E-state index in [2.05, 4.69) is 22.0 Å². The first-order valence-corrected chi connectivity index (χ1v) is 7.00. The van der Waals surface area contributed by atoms with E-state index < -0.39 is 0 Å². The fraction of sp³-hybridized carbons (Fsp3) is 0.846. The van der Waals surface area contributed by atoms with Crippen LogP contribution in [0, 0.1) is 0 Å². The number of aromatic nitrogens is 2. The second-order valence-electron chi connectivity index (χ2n) is 4.99. The van der Waals surface area contributed by atoms with Gasteiger partial charge in [0.1, 0.15) is 0 Å². The Hall–Kier alpha value is -0.940. The van der Waals surface area contributed by atoms with E-state index >= 15 is 0 Å². The van der Waals surface area contributed by atoms with Crippen molar-refractivity contribution in [1.82, 2.24) is 15.0 Å². The average Bonchev–Trinajstić information content (AvgIpc) is 3.00. The van der Waals surface area contributed by atoms with Crippen LogP contribution in [0.1, 0.15) is 50.7 Å². The van der Waals surface area contributed by atoms with Crippen LogP contribution >= 0.6 is 0 Å². The first-order valence-electron chi connectivity index (χ1n) is 7.00. The Morgan fingerprint density at radius 3 is 2.83 bits per heavy atom. The van der Waals surface area contributed by atoms with Gasteiger partial charge in [0.25, 0.3) is 0 Å². The molecular weight excluding hydrogens is 230 g/mol. The van der Waals surface area contributed by atoms with Crippen molar-refractivity contribution in [2.75, 3.05) is 13.2 Å². The minimum Gasteiger partial charge on any atom is -0.395 e. The predicted molar refractivity (Wildman–Crippen MR) is 68.0 cm³/mol. The molecule has 0 radical (unpaired) electrons. The average molecular weight is 253 g/mol. The van der Waals surface area contributed by atoms with Gasteiger partial charge in [0.05, 0.1) is 13.2 Å². The third kappa shape index (κ3) is 3.53. The fourth-order valence-corrected chi connectivity index (χ4v) is 2.64. The van der Waals surface area contributed by atoms with Crippen LogP contribution in [0.15, 0.2) is 4.52 Å². The van der Waals surface area contributed by atoms with Gasteiger partial charge >= 0.3 is 0 Å². The van der Waals surface area contributed by atoms with Crippen molar-refractivity contribution in [3.05, 3.63) is 11.7 Å². The Morgan fingerprint density at radius 2 is 2.17 bits per heavy atom. The van der Waals surface area contributed by atoms with Crippen molar-refractivity contribution in [2.45, 2.75) is 58.0 Å². The van der Waals surface area contributed by atoms with Crippen LogP contribution in [0.4, 0.5) is 0 Å². The lowest BCUT2D eigenvalue weighted by Gasteiger charge is -2.26. The van der Waals surface area contributed by atoms with Crippen molar-refractivity contribution >= 4 is 0 Å². The lowest BCUT2D eigenvalue weighted by molar-refractivity contribution is 0.130. The van der Waals surface area contributed by atoms with Crippen LogP contribution in [-0.4, -0.2) is 39.3 Å². The van der Waals surface area contributed by atoms with Gasteiger partial charge in [-0.05, 0) is 19.3 Å². The molecule has 102 valence electrons. The summed E-state index contributed by atoms with van der Waals surface area (Å²) in [5.41, 5.74) is 0. The third-order valence-electron chi connectivity index (χ3n) is 3.55. The monoisotopic (exact) mass is 253 g/mol. The molecule has 5 heteroatoms. The van der Waals surface area contributed by atoms with Crippen LogP contribution in [0.2, 0.25) is 0 Å². The summed E-state index contributed by atoms with van der Waals surface area (Å²) in [4.78, 5) is 6.67. The minimum atomic E-state index is 0.187. The molecule has 1 fully saturated rings. The molecule has 1 aromatic rings. The summed E-state index contributed by atoms with van der Waals surface area (Å²) >= 11 is 0. The van der Waals surface area contributed by atoms with Crippen LogP contribution in [0.3, 0.4) is 0 Å². The molecule has 1 N–H and O–H groups in total. The largest absolute Gasteiger partial charge is 0.395 e. The molecule has 0 bridgehead atoms. The van der Waals surface area contributed by atoms with Crippen molar-refractivity contribution < 1.29 is 9.63 Å². The Bertz CT molecular complexity index is 348. The maximum atomic E-state index is 9.16. The summed E-state index contributed by atoms with van der Waals surface area (Å²) in [6.45, 7) is 3.65. The first-order chi connectivity index (χ1) is 8.83. The number of aliphatic hydroxyl groups excluding tert-OH is 1. The SMILES string of the molecule is CCCc1noc(CN(CCO)C2CCCC2)n1. The number of aliphatic hydroxyl groups is 1. The van der Waals surface area contributed by atoms with Crippen molar-refractivity contribution in [2.24, 2.45) is 0 Å². The number of aryl methyl sites for hydroxylation is 1. The number of hydrogen-bond acceptors (Lipinski definition) is 5. The highest BCUT2D eigenvalue weighted by Gasteiger charge is 2.23. The van der Waals surface area contributed by atoms with Crippen LogP contribution < -0.4 is 0 Å². The molecule has 5 nitrogen and oxygen atoms in total. The molecule has 1 saturated carbocycles. The Morgan fingerprint density at radius 1 is 1.39 bits per heavy atom. The predicted octanol–water partition coefficient (Wildman–Crippen LogP) is 1.76. The molecule has 0 atom stereocenters. The summed E-state index contributed by atoms with van der Waals surface area (Å²) in [5, 5.41) is 13.1. The minimum absolute atomic E-state index is 0.187. The van der Waals surface area contributed by atoms with E-state index in [4.69, 9.17) is 9.63 Å². The molecule has 1 aromatic heterocycles. The van der Waals surface area contributed by atoms with Crippen LogP contribution in [0.25, 0.3) is 0 Å². The van der Waals surface area contributed by atoms with Gasteiger partial charge in [0.15, 0.2) is 5.82 Å². The summed E-state index contributed by atoms with van der Waals surface area (Å²) in [5.74, 6) is 1.47. The van der Waals surface area contributed by atoms with E-state index in [1.54, 1.807) is 0 Å². The van der Waals surface area contributed by atoms with Gasteiger partial charge in [-0.3, -0.25) is 4.90 Å². The number of hydrogen-bond donors (Lipinski definition) is 1. The lowest BCUT2D eigenvalue weighted by Crippen LogP contribution is -2.35. The molecule has 1 aliphatic carbocycles. The van der Waals surface area contributed by atoms with E-state index in [1.807, 2.05) is 0 Å². The molecule has 0 unspecified atom stereocenters. The maximum absolute atomic E-state index is 9.16. The highest BCUT2D eigenvalue weighted by Crippen LogP contribution is 2.24. The normalized spacial score (nSPS) is 16.8. The van der Waals surface area contributed by atoms with Gasteiger partial charge < -0.3 is 9.63 Å². The first kappa shape index (κ1) is 13.5. The lowest BCUT2D eigenvalue weighted by atomic mass is 10.2. The highest BCUT2D eigenvalue weighted by atomic mass is 16.5. The molecule has 2 rings (SSSR count).